The molecule has 2 aromatic heterocycles. The first kappa shape index (κ1) is 17.8. The number of rotatable bonds is 4. The van der Waals surface area contributed by atoms with Crippen LogP contribution in [-0.4, -0.2) is 54.4 Å². The van der Waals surface area contributed by atoms with Crippen LogP contribution in [0.5, 0.6) is 0 Å². The van der Waals surface area contributed by atoms with Gasteiger partial charge in [-0.1, -0.05) is 19.3 Å². The van der Waals surface area contributed by atoms with E-state index in [1.54, 1.807) is 6.92 Å². The largest absolute Gasteiger partial charge is 0.479 e. The van der Waals surface area contributed by atoms with Crippen LogP contribution >= 0.6 is 0 Å². The van der Waals surface area contributed by atoms with Gasteiger partial charge in [0.15, 0.2) is 5.82 Å². The highest BCUT2D eigenvalue weighted by Gasteiger charge is 2.46. The lowest BCUT2D eigenvalue weighted by atomic mass is 9.80. The summed E-state index contributed by atoms with van der Waals surface area (Å²) in [5.41, 5.74) is -0.681. The first-order valence-corrected chi connectivity index (χ1v) is 8.49. The molecule has 3 rings (SSSR count). The molecule has 1 aliphatic rings. The fourth-order valence-corrected chi connectivity index (χ4v) is 3.51. The molecule has 1 saturated carbocycles. The number of aromatic amines is 1. The molecule has 1 amide bonds. The maximum atomic E-state index is 13.0. The van der Waals surface area contributed by atoms with Crippen molar-refractivity contribution < 1.29 is 14.7 Å². The van der Waals surface area contributed by atoms with Crippen LogP contribution in [0, 0.1) is 6.92 Å². The van der Waals surface area contributed by atoms with E-state index in [4.69, 9.17) is 0 Å². The number of hydrogen-bond acceptors (Lipinski definition) is 5. The van der Waals surface area contributed by atoms with Crippen LogP contribution in [0.25, 0.3) is 5.82 Å². The van der Waals surface area contributed by atoms with Crippen molar-refractivity contribution in [1.29, 1.82) is 0 Å². The van der Waals surface area contributed by atoms with Crippen molar-refractivity contribution in [2.24, 2.45) is 0 Å². The van der Waals surface area contributed by atoms with Crippen molar-refractivity contribution in [2.45, 2.75) is 44.6 Å². The number of likely N-dealkylation sites (N-methyl/N-ethyl adjacent to an activating group) is 1. The average Bonchev–Trinajstić information content (AvgIpc) is 3.03. The molecule has 138 valence electrons. The van der Waals surface area contributed by atoms with E-state index < -0.39 is 11.5 Å². The van der Waals surface area contributed by atoms with Gasteiger partial charge in [-0.2, -0.15) is 10.2 Å². The standard InChI is InChI=1S/C17H21N5O4/c1-11-12(10-18-22(11)13-6-7-14(23)20-19-13)15(24)21(2)17(16(25)26)8-4-3-5-9-17/h6-7,10H,3-5,8-9H2,1-2H3,(H,20,23)(H,25,26). The van der Waals surface area contributed by atoms with Crippen LogP contribution in [0.4, 0.5) is 0 Å². The van der Waals surface area contributed by atoms with E-state index in [9.17, 15) is 19.5 Å². The Balaban J connectivity index is 1.93. The second-order valence-corrected chi connectivity index (χ2v) is 6.60. The Morgan fingerprint density at radius 1 is 1.27 bits per heavy atom. The lowest BCUT2D eigenvalue weighted by molar-refractivity contribution is -0.151. The number of aliphatic carboxylic acids is 1. The van der Waals surface area contributed by atoms with Crippen molar-refractivity contribution >= 4 is 11.9 Å². The number of carbonyl (C=O) groups excluding carboxylic acids is 1. The highest BCUT2D eigenvalue weighted by Crippen LogP contribution is 2.34. The lowest BCUT2D eigenvalue weighted by Crippen LogP contribution is -2.56. The van der Waals surface area contributed by atoms with Gasteiger partial charge in [0, 0.05) is 13.1 Å². The molecule has 0 radical (unpaired) electrons. The Kier molecular flexibility index (Phi) is 4.62. The van der Waals surface area contributed by atoms with E-state index in [0.717, 1.165) is 19.3 Å². The summed E-state index contributed by atoms with van der Waals surface area (Å²) in [7, 11) is 1.54. The lowest BCUT2D eigenvalue weighted by Gasteiger charge is -2.40. The van der Waals surface area contributed by atoms with Crippen LogP contribution in [0.15, 0.2) is 23.1 Å². The summed E-state index contributed by atoms with van der Waals surface area (Å²) in [4.78, 5) is 37.4. The Labute approximate surface area is 149 Å². The quantitative estimate of drug-likeness (QED) is 0.844. The van der Waals surface area contributed by atoms with E-state index in [1.807, 2.05) is 0 Å². The Morgan fingerprint density at radius 3 is 2.54 bits per heavy atom. The number of aromatic nitrogens is 4. The van der Waals surface area contributed by atoms with Crippen LogP contribution in [0.3, 0.4) is 0 Å². The summed E-state index contributed by atoms with van der Waals surface area (Å²) in [6.07, 6.45) is 4.83. The molecule has 2 N–H and O–H groups in total. The van der Waals surface area contributed by atoms with E-state index >= 15 is 0 Å². The zero-order valence-electron chi connectivity index (χ0n) is 14.7. The summed E-state index contributed by atoms with van der Waals surface area (Å²) in [6, 6.07) is 2.81. The Hall–Kier alpha value is -2.97. The molecule has 0 aliphatic heterocycles. The molecular formula is C17H21N5O4. The molecule has 2 aromatic rings. The average molecular weight is 359 g/mol. The van der Waals surface area contributed by atoms with Crippen molar-refractivity contribution in [3.63, 3.8) is 0 Å². The number of nitrogens with one attached hydrogen (secondary N) is 1. The number of amides is 1. The monoisotopic (exact) mass is 359 g/mol. The topological polar surface area (TPSA) is 121 Å². The van der Waals surface area contributed by atoms with Crippen LogP contribution < -0.4 is 5.56 Å². The van der Waals surface area contributed by atoms with Gasteiger partial charge < -0.3 is 10.0 Å². The number of H-pyrrole nitrogens is 1. The number of hydrogen-bond donors (Lipinski definition) is 2. The minimum Gasteiger partial charge on any atom is -0.479 e. The maximum absolute atomic E-state index is 13.0. The molecule has 0 atom stereocenters. The van der Waals surface area contributed by atoms with Crippen LogP contribution in [-0.2, 0) is 4.79 Å². The zero-order chi connectivity index (χ0) is 18.9. The van der Waals surface area contributed by atoms with Gasteiger partial charge >= 0.3 is 5.97 Å². The highest BCUT2D eigenvalue weighted by atomic mass is 16.4. The predicted molar refractivity (Wildman–Crippen MR) is 92.3 cm³/mol. The molecule has 0 saturated heterocycles. The Morgan fingerprint density at radius 2 is 1.96 bits per heavy atom. The smallest absolute Gasteiger partial charge is 0.329 e. The van der Waals surface area contributed by atoms with Crippen LogP contribution in [0.1, 0.15) is 48.2 Å². The maximum Gasteiger partial charge on any atom is 0.329 e. The van der Waals surface area contributed by atoms with E-state index in [2.05, 4.69) is 15.3 Å². The number of carbonyl (C=O) groups is 2. The number of carboxylic acid groups (broad SMARTS) is 1. The molecule has 0 spiro atoms. The van der Waals surface area contributed by atoms with Gasteiger partial charge in [-0.15, -0.1) is 0 Å². The Bertz CT molecular complexity index is 874. The van der Waals surface area contributed by atoms with Crippen LogP contribution in [0.2, 0.25) is 0 Å². The second-order valence-electron chi connectivity index (χ2n) is 6.60. The summed E-state index contributed by atoms with van der Waals surface area (Å²) < 4.78 is 1.44. The fraction of sp³-hybridized carbons (Fsp3) is 0.471. The first-order chi connectivity index (χ1) is 12.4. The number of carboxylic acids is 1. The highest BCUT2D eigenvalue weighted by molar-refractivity contribution is 5.98. The third-order valence-corrected chi connectivity index (χ3v) is 5.15. The van der Waals surface area contributed by atoms with E-state index in [-0.39, 0.29) is 11.5 Å². The van der Waals surface area contributed by atoms with Gasteiger partial charge in [0.05, 0.1) is 17.5 Å². The minimum atomic E-state index is -1.18. The van der Waals surface area contributed by atoms with Gasteiger partial charge in [-0.05, 0) is 25.8 Å². The fourth-order valence-electron chi connectivity index (χ4n) is 3.51. The SMILES string of the molecule is Cc1c(C(=O)N(C)C2(C(=O)O)CCCCC2)cnn1-c1ccc(=O)[nH]n1. The normalized spacial score (nSPS) is 16.2. The van der Waals surface area contributed by atoms with Gasteiger partial charge in [-0.25, -0.2) is 14.6 Å². The molecule has 0 unspecified atom stereocenters. The molecular weight excluding hydrogens is 338 g/mol. The molecule has 0 bridgehead atoms. The van der Waals surface area contributed by atoms with Crippen molar-refractivity contribution in [3.8, 4) is 5.82 Å². The summed E-state index contributed by atoms with van der Waals surface area (Å²) in [5.74, 6) is -0.989. The molecule has 9 nitrogen and oxygen atoms in total. The molecule has 1 fully saturated rings. The summed E-state index contributed by atoms with van der Waals surface area (Å²) in [6.45, 7) is 1.70. The van der Waals surface area contributed by atoms with Crippen molar-refractivity contribution in [1.82, 2.24) is 24.9 Å². The number of nitrogens with zero attached hydrogens (tertiary/aromatic N) is 4. The van der Waals surface area contributed by atoms with Crippen molar-refractivity contribution in [2.75, 3.05) is 7.05 Å². The van der Waals surface area contributed by atoms with Gasteiger partial charge in [0.2, 0.25) is 0 Å². The molecule has 26 heavy (non-hydrogen) atoms. The zero-order valence-corrected chi connectivity index (χ0v) is 14.7. The molecule has 2 heterocycles. The van der Waals surface area contributed by atoms with Gasteiger partial charge in [0.1, 0.15) is 5.54 Å². The van der Waals surface area contributed by atoms with Gasteiger partial charge in [0.25, 0.3) is 11.5 Å². The molecule has 1 aliphatic carbocycles. The molecule has 9 heteroatoms. The third kappa shape index (κ3) is 2.89. The minimum absolute atomic E-state index is 0.312. The molecule has 0 aromatic carbocycles. The van der Waals surface area contributed by atoms with Crippen molar-refractivity contribution in [3.05, 3.63) is 39.9 Å². The van der Waals surface area contributed by atoms with Gasteiger partial charge in [-0.3, -0.25) is 9.59 Å². The third-order valence-electron chi connectivity index (χ3n) is 5.15. The first-order valence-electron chi connectivity index (χ1n) is 8.49. The van der Waals surface area contributed by atoms with E-state index in [0.29, 0.717) is 29.9 Å². The van der Waals surface area contributed by atoms with E-state index in [1.165, 1.54) is 35.0 Å². The predicted octanol–water partition coefficient (Wildman–Crippen LogP) is 1.12. The summed E-state index contributed by atoms with van der Waals surface area (Å²) in [5, 5.41) is 20.2. The second kappa shape index (κ2) is 6.74. The summed E-state index contributed by atoms with van der Waals surface area (Å²) >= 11 is 0.